The van der Waals surface area contributed by atoms with Crippen LogP contribution in [-0.2, 0) is 11.8 Å². The van der Waals surface area contributed by atoms with Crippen molar-refractivity contribution >= 4 is 38.8 Å². The molecule has 12 aromatic rings. The fourth-order valence-corrected chi connectivity index (χ4v) is 11.6. The van der Waals surface area contributed by atoms with E-state index in [9.17, 15) is 0 Å². The second kappa shape index (κ2) is 16.1. The van der Waals surface area contributed by atoms with Gasteiger partial charge in [-0.05, 0) is 112 Å². The Hall–Kier alpha value is -8.93. The van der Waals surface area contributed by atoms with Crippen LogP contribution in [0.3, 0.4) is 0 Å². The molecule has 0 saturated heterocycles. The van der Waals surface area contributed by atoms with E-state index in [0.29, 0.717) is 17.5 Å². The van der Waals surface area contributed by atoms with Crippen molar-refractivity contribution in [1.82, 2.24) is 24.1 Å². The number of hydrogen-bond acceptors (Lipinski definition) is 3. The van der Waals surface area contributed by atoms with E-state index in [-0.39, 0.29) is 5.41 Å². The van der Waals surface area contributed by atoms with Crippen molar-refractivity contribution in [3.8, 4) is 78.9 Å². The summed E-state index contributed by atoms with van der Waals surface area (Å²) in [6, 6.07) is 76.6. The first-order chi connectivity index (χ1) is 35.0. The van der Waals surface area contributed by atoms with Gasteiger partial charge in [0.05, 0.1) is 16.6 Å². The molecule has 0 atom stereocenters. The van der Waals surface area contributed by atoms with Crippen molar-refractivity contribution in [2.45, 2.75) is 32.1 Å². The molecule has 3 heterocycles. The van der Waals surface area contributed by atoms with Crippen molar-refractivity contribution in [2.24, 2.45) is 0 Å². The fraction of sp³-hybridized carbons (Fsp3) is 0.0758. The Kier molecular flexibility index (Phi) is 9.30. The second-order valence-electron chi connectivity index (χ2n) is 19.5. The van der Waals surface area contributed by atoms with Gasteiger partial charge in [-0.3, -0.25) is 0 Å². The van der Waals surface area contributed by atoms with Crippen LogP contribution in [-0.4, -0.2) is 24.1 Å². The number of benzene rings is 9. The predicted octanol–water partition coefficient (Wildman–Crippen LogP) is 16.5. The summed E-state index contributed by atoms with van der Waals surface area (Å²) in [5.74, 6) is 1.94. The molecule has 0 radical (unpaired) electrons. The van der Waals surface area contributed by atoms with Gasteiger partial charge in [0.2, 0.25) is 0 Å². The molecular formula is C66H47N5. The van der Waals surface area contributed by atoms with Gasteiger partial charge >= 0.3 is 0 Å². The fourth-order valence-electron chi connectivity index (χ4n) is 11.6. The van der Waals surface area contributed by atoms with E-state index < -0.39 is 0 Å². The lowest BCUT2D eigenvalue weighted by atomic mass is 9.82. The molecule has 9 aromatic carbocycles. The molecule has 0 bridgehead atoms. The van der Waals surface area contributed by atoms with Gasteiger partial charge in [-0.15, -0.1) is 0 Å². The van der Waals surface area contributed by atoms with E-state index in [4.69, 9.17) is 15.0 Å². The van der Waals surface area contributed by atoms with Gasteiger partial charge in [0.25, 0.3) is 0 Å². The summed E-state index contributed by atoms with van der Waals surface area (Å²) in [4.78, 5) is 15.5. The van der Waals surface area contributed by atoms with Gasteiger partial charge in [0, 0.05) is 60.9 Å². The van der Waals surface area contributed by atoms with Crippen LogP contribution in [0.25, 0.3) is 118 Å². The number of rotatable bonds is 7. The molecule has 2 aliphatic carbocycles. The van der Waals surface area contributed by atoms with Crippen LogP contribution in [0.15, 0.2) is 218 Å². The van der Waals surface area contributed by atoms with Gasteiger partial charge in [0.15, 0.2) is 17.5 Å². The Morgan fingerprint density at radius 3 is 1.80 bits per heavy atom. The molecule has 14 rings (SSSR count). The number of fused-ring (bicyclic) bond motifs is 9. The number of nitrogens with zero attached hydrogens (tertiary/aromatic N) is 5. The molecule has 5 heteroatoms. The molecule has 0 spiro atoms. The van der Waals surface area contributed by atoms with Crippen molar-refractivity contribution < 1.29 is 0 Å². The minimum absolute atomic E-state index is 0.145. The van der Waals surface area contributed by atoms with Crippen LogP contribution in [0.2, 0.25) is 0 Å². The van der Waals surface area contributed by atoms with Crippen LogP contribution in [0.5, 0.6) is 0 Å². The van der Waals surface area contributed by atoms with Crippen LogP contribution in [0, 0.1) is 0 Å². The predicted molar refractivity (Wildman–Crippen MR) is 293 cm³/mol. The molecule has 0 saturated carbocycles. The highest BCUT2D eigenvalue weighted by molar-refractivity contribution is 6.10. The Labute approximate surface area is 412 Å². The third-order valence-corrected chi connectivity index (χ3v) is 15.1. The van der Waals surface area contributed by atoms with E-state index in [1.54, 1.807) is 0 Å². The minimum Gasteiger partial charge on any atom is -0.313 e. The summed E-state index contributed by atoms with van der Waals surface area (Å²) in [6.07, 6.45) is 6.73. The number of hydrogen-bond donors (Lipinski definition) is 0. The first kappa shape index (κ1) is 41.1. The summed E-state index contributed by atoms with van der Waals surface area (Å²) in [5, 5.41) is 3.75. The number of allylic oxidation sites excluding steroid dienone is 1. The van der Waals surface area contributed by atoms with Crippen LogP contribution >= 0.6 is 0 Å². The molecule has 0 amide bonds. The lowest BCUT2D eigenvalue weighted by Crippen LogP contribution is -2.15. The lowest BCUT2D eigenvalue weighted by molar-refractivity contribution is 0.660. The van der Waals surface area contributed by atoms with Crippen molar-refractivity contribution in [3.05, 3.63) is 241 Å². The van der Waals surface area contributed by atoms with Gasteiger partial charge in [-0.25, -0.2) is 15.0 Å². The van der Waals surface area contributed by atoms with E-state index in [1.165, 1.54) is 77.5 Å². The molecule has 3 aromatic heterocycles. The SMILES string of the molecule is CC1(C)c2ccccc2-c2ccc(-c3nc(-c4ccccc4)nc(-c4cccc(-c5ccc6c7ccccc7n(-c7ccc(-c8cccc9c8c8c(n9-c9ccccc9)CCC=C8)cc7)c6c5)c4)n3)cc21. The Morgan fingerprint density at radius 2 is 0.972 bits per heavy atom. The molecule has 336 valence electrons. The normalized spacial score (nSPS) is 13.4. The lowest BCUT2D eigenvalue weighted by Gasteiger charge is -2.21. The Bertz CT molecular complexity index is 4120. The summed E-state index contributed by atoms with van der Waals surface area (Å²) in [5.41, 5.74) is 21.2. The molecule has 0 fully saturated rings. The average Bonchev–Trinajstić information content (AvgIpc) is 4.04. The quantitative estimate of drug-likeness (QED) is 0.160. The summed E-state index contributed by atoms with van der Waals surface area (Å²) >= 11 is 0. The van der Waals surface area contributed by atoms with E-state index >= 15 is 0 Å². The largest absolute Gasteiger partial charge is 0.313 e. The summed E-state index contributed by atoms with van der Waals surface area (Å²) < 4.78 is 4.88. The molecule has 0 unspecified atom stereocenters. The van der Waals surface area contributed by atoms with Crippen molar-refractivity contribution in [2.75, 3.05) is 0 Å². The molecule has 2 aliphatic rings. The van der Waals surface area contributed by atoms with Crippen molar-refractivity contribution in [1.29, 1.82) is 0 Å². The van der Waals surface area contributed by atoms with E-state index in [0.717, 1.165) is 51.9 Å². The highest BCUT2D eigenvalue weighted by Crippen LogP contribution is 2.49. The van der Waals surface area contributed by atoms with Crippen LogP contribution in [0.1, 0.15) is 42.7 Å². The highest BCUT2D eigenvalue weighted by atomic mass is 15.0. The van der Waals surface area contributed by atoms with Crippen LogP contribution < -0.4 is 0 Å². The monoisotopic (exact) mass is 909 g/mol. The zero-order valence-corrected chi connectivity index (χ0v) is 39.5. The first-order valence-electron chi connectivity index (χ1n) is 24.7. The molecule has 71 heavy (non-hydrogen) atoms. The molecular weight excluding hydrogens is 863 g/mol. The topological polar surface area (TPSA) is 48.5 Å². The Balaban J connectivity index is 0.859. The smallest absolute Gasteiger partial charge is 0.164 e. The van der Waals surface area contributed by atoms with E-state index in [2.05, 4.69) is 229 Å². The molecule has 5 nitrogen and oxygen atoms in total. The maximum absolute atomic E-state index is 5.24. The molecule has 0 N–H and O–H groups in total. The number of aromatic nitrogens is 5. The summed E-state index contributed by atoms with van der Waals surface area (Å²) in [6.45, 7) is 4.62. The molecule has 0 aliphatic heterocycles. The van der Waals surface area contributed by atoms with Gasteiger partial charge in [-0.1, -0.05) is 184 Å². The minimum atomic E-state index is -0.145. The van der Waals surface area contributed by atoms with E-state index in [1.807, 2.05) is 18.2 Å². The first-order valence-corrected chi connectivity index (χ1v) is 24.7. The Morgan fingerprint density at radius 1 is 0.394 bits per heavy atom. The van der Waals surface area contributed by atoms with Gasteiger partial charge < -0.3 is 9.13 Å². The zero-order chi connectivity index (χ0) is 47.2. The highest BCUT2D eigenvalue weighted by Gasteiger charge is 2.35. The second-order valence-corrected chi connectivity index (χ2v) is 19.5. The number of para-hydroxylation sites is 2. The third-order valence-electron chi connectivity index (χ3n) is 15.1. The third kappa shape index (κ3) is 6.57. The zero-order valence-electron chi connectivity index (χ0n) is 39.5. The van der Waals surface area contributed by atoms with Gasteiger partial charge in [0.1, 0.15) is 0 Å². The van der Waals surface area contributed by atoms with Crippen molar-refractivity contribution in [3.63, 3.8) is 0 Å². The standard InChI is InChI=1S/C66H47N5/c1-66(2)56-27-12-9-23-51(56)52-37-34-47(40-57(52)66)65-68-63(43-17-5-3-6-18-43)67-64(69-65)46-20-15-19-44(39-46)45-33-38-54-53-24-10-13-28-58(53)71(61(54)41-45)49-35-31-42(32-36-49)50-26-16-30-60-62(50)55-25-11-14-29-59(55)70(60)48-21-7-4-8-22-48/h3-13,15-28,30-41H,14,29H2,1-2H3. The maximum atomic E-state index is 5.24. The summed E-state index contributed by atoms with van der Waals surface area (Å²) in [7, 11) is 0. The van der Waals surface area contributed by atoms with Crippen LogP contribution in [0.4, 0.5) is 0 Å². The average molecular weight is 910 g/mol. The van der Waals surface area contributed by atoms with Gasteiger partial charge in [-0.2, -0.15) is 0 Å². The maximum Gasteiger partial charge on any atom is 0.164 e.